The van der Waals surface area contributed by atoms with E-state index in [0.29, 0.717) is 23.2 Å². The van der Waals surface area contributed by atoms with Gasteiger partial charge in [-0.1, -0.05) is 28.9 Å². The van der Waals surface area contributed by atoms with E-state index in [9.17, 15) is 5.11 Å². The van der Waals surface area contributed by atoms with Crippen LogP contribution < -0.4 is 0 Å². The molecule has 2 rings (SSSR count). The van der Waals surface area contributed by atoms with Crippen molar-refractivity contribution in [2.75, 3.05) is 0 Å². The van der Waals surface area contributed by atoms with Crippen molar-refractivity contribution in [3.05, 3.63) is 46.6 Å². The molecule has 0 bridgehead atoms. The van der Waals surface area contributed by atoms with Crippen molar-refractivity contribution in [1.29, 1.82) is 0 Å². The summed E-state index contributed by atoms with van der Waals surface area (Å²) in [5, 5.41) is 13.6. The van der Waals surface area contributed by atoms with E-state index < -0.39 is 6.10 Å². The van der Waals surface area contributed by atoms with Crippen molar-refractivity contribution in [2.45, 2.75) is 19.4 Å². The van der Waals surface area contributed by atoms with Gasteiger partial charge in [0, 0.05) is 5.02 Å². The molecule has 1 aromatic carbocycles. The Hall–Kier alpha value is -1.39. The Kier molecular flexibility index (Phi) is 3.22. The van der Waals surface area contributed by atoms with E-state index in [1.54, 1.807) is 6.92 Å². The third kappa shape index (κ3) is 2.59. The first kappa shape index (κ1) is 11.1. The molecule has 0 aliphatic heterocycles. The van der Waals surface area contributed by atoms with Gasteiger partial charge >= 0.3 is 0 Å². The van der Waals surface area contributed by atoms with E-state index in [1.165, 1.54) is 0 Å². The number of halogens is 1. The second-order valence-electron chi connectivity index (χ2n) is 3.53. The van der Waals surface area contributed by atoms with Crippen LogP contribution in [0.4, 0.5) is 0 Å². The summed E-state index contributed by atoms with van der Waals surface area (Å²) in [7, 11) is 0. The zero-order valence-corrected chi connectivity index (χ0v) is 9.48. The predicted octanol–water partition coefficient (Wildman–Crippen LogP) is 2.37. The van der Waals surface area contributed by atoms with Gasteiger partial charge in [0.15, 0.2) is 5.82 Å². The number of nitrogens with zero attached hydrogens (tertiary/aromatic N) is 2. The van der Waals surface area contributed by atoms with Crippen LogP contribution in [0.15, 0.2) is 28.8 Å². The second kappa shape index (κ2) is 4.63. The largest absolute Gasteiger partial charge is 0.385 e. The maximum Gasteiger partial charge on any atom is 0.231 e. The Bertz CT molecular complexity index is 465. The highest BCUT2D eigenvalue weighted by molar-refractivity contribution is 6.30. The van der Waals surface area contributed by atoms with Gasteiger partial charge < -0.3 is 9.63 Å². The quantitative estimate of drug-likeness (QED) is 0.892. The summed E-state index contributed by atoms with van der Waals surface area (Å²) in [5.41, 5.74) is 1.03. The fourth-order valence-electron chi connectivity index (χ4n) is 1.29. The van der Waals surface area contributed by atoms with E-state index in [4.69, 9.17) is 16.1 Å². The minimum Gasteiger partial charge on any atom is -0.385 e. The Morgan fingerprint density at radius 2 is 2.06 bits per heavy atom. The van der Waals surface area contributed by atoms with E-state index in [2.05, 4.69) is 10.1 Å². The van der Waals surface area contributed by atoms with Crippen molar-refractivity contribution in [2.24, 2.45) is 0 Å². The molecule has 16 heavy (non-hydrogen) atoms. The molecule has 1 aromatic heterocycles. The van der Waals surface area contributed by atoms with E-state index in [1.807, 2.05) is 24.3 Å². The number of rotatable bonds is 3. The minimum absolute atomic E-state index is 0.309. The molecule has 0 saturated heterocycles. The number of benzene rings is 1. The number of hydrogen-bond acceptors (Lipinski definition) is 4. The normalized spacial score (nSPS) is 12.7. The van der Waals surface area contributed by atoms with Gasteiger partial charge in [0.1, 0.15) is 6.10 Å². The van der Waals surface area contributed by atoms with Crippen molar-refractivity contribution in [1.82, 2.24) is 10.1 Å². The van der Waals surface area contributed by atoms with Crippen molar-refractivity contribution in [3.63, 3.8) is 0 Å². The molecular formula is C11H11ClN2O2. The molecule has 5 heteroatoms. The van der Waals surface area contributed by atoms with Gasteiger partial charge in [-0.3, -0.25) is 0 Å². The number of aliphatic hydroxyl groups is 1. The van der Waals surface area contributed by atoms with Gasteiger partial charge in [-0.2, -0.15) is 4.98 Å². The average Bonchev–Trinajstić information content (AvgIpc) is 2.70. The summed E-state index contributed by atoms with van der Waals surface area (Å²) < 4.78 is 5.01. The van der Waals surface area contributed by atoms with Gasteiger partial charge in [-0.05, 0) is 24.6 Å². The molecule has 0 aliphatic carbocycles. The lowest BCUT2D eigenvalue weighted by Crippen LogP contribution is -1.94. The molecule has 84 valence electrons. The monoisotopic (exact) mass is 238 g/mol. The molecule has 0 amide bonds. The molecule has 2 aromatic rings. The Morgan fingerprint density at radius 1 is 1.38 bits per heavy atom. The molecule has 0 spiro atoms. The molecule has 1 N–H and O–H groups in total. The van der Waals surface area contributed by atoms with Crippen LogP contribution in [-0.4, -0.2) is 15.2 Å². The zero-order chi connectivity index (χ0) is 11.5. The molecule has 0 saturated carbocycles. The Balaban J connectivity index is 2.11. The fourth-order valence-corrected chi connectivity index (χ4v) is 1.41. The Labute approximate surface area is 97.9 Å². The van der Waals surface area contributed by atoms with Gasteiger partial charge in [0.05, 0.1) is 6.42 Å². The van der Waals surface area contributed by atoms with Crippen LogP contribution in [0.1, 0.15) is 30.3 Å². The first-order chi connectivity index (χ1) is 7.65. The van der Waals surface area contributed by atoms with Gasteiger partial charge in [-0.25, -0.2) is 0 Å². The van der Waals surface area contributed by atoms with Crippen LogP contribution in [0.3, 0.4) is 0 Å². The lowest BCUT2D eigenvalue weighted by atomic mass is 10.1. The fraction of sp³-hybridized carbons (Fsp3) is 0.273. The van der Waals surface area contributed by atoms with Gasteiger partial charge in [0.2, 0.25) is 5.89 Å². The van der Waals surface area contributed by atoms with Crippen LogP contribution in [0.5, 0.6) is 0 Å². The molecule has 0 radical (unpaired) electrons. The molecular weight excluding hydrogens is 228 g/mol. The third-order valence-corrected chi connectivity index (χ3v) is 2.38. The average molecular weight is 239 g/mol. The number of hydrogen-bond donors (Lipinski definition) is 1. The van der Waals surface area contributed by atoms with Crippen LogP contribution in [0, 0.1) is 0 Å². The maximum atomic E-state index is 9.24. The summed E-state index contributed by atoms with van der Waals surface area (Å²) in [6.07, 6.45) is -0.167. The summed E-state index contributed by atoms with van der Waals surface area (Å²) in [6, 6.07) is 7.41. The van der Waals surface area contributed by atoms with E-state index in [-0.39, 0.29) is 0 Å². The van der Waals surface area contributed by atoms with Crippen molar-refractivity contribution in [3.8, 4) is 0 Å². The molecule has 1 unspecified atom stereocenters. The number of aromatic nitrogens is 2. The van der Waals surface area contributed by atoms with Crippen LogP contribution in [0.25, 0.3) is 0 Å². The minimum atomic E-state index is -0.706. The van der Waals surface area contributed by atoms with Crippen molar-refractivity contribution >= 4 is 11.6 Å². The second-order valence-corrected chi connectivity index (χ2v) is 3.96. The molecule has 4 nitrogen and oxygen atoms in total. The summed E-state index contributed by atoms with van der Waals surface area (Å²) in [6.45, 7) is 1.59. The summed E-state index contributed by atoms with van der Waals surface area (Å²) >= 11 is 5.78. The third-order valence-electron chi connectivity index (χ3n) is 2.13. The van der Waals surface area contributed by atoms with Gasteiger partial charge in [-0.15, -0.1) is 0 Å². The first-order valence-corrected chi connectivity index (χ1v) is 5.28. The van der Waals surface area contributed by atoms with Crippen LogP contribution in [0.2, 0.25) is 5.02 Å². The highest BCUT2D eigenvalue weighted by atomic mass is 35.5. The number of aliphatic hydroxyl groups excluding tert-OH is 1. The van der Waals surface area contributed by atoms with E-state index >= 15 is 0 Å². The smallest absolute Gasteiger partial charge is 0.231 e. The SMILES string of the molecule is CC(O)c1noc(Cc2ccc(Cl)cc2)n1. The molecule has 1 heterocycles. The first-order valence-electron chi connectivity index (χ1n) is 4.90. The molecule has 0 aliphatic rings. The van der Waals surface area contributed by atoms with Crippen LogP contribution >= 0.6 is 11.6 Å². The predicted molar refractivity (Wildman–Crippen MR) is 59.2 cm³/mol. The summed E-state index contributed by atoms with van der Waals surface area (Å²) in [4.78, 5) is 4.07. The van der Waals surface area contributed by atoms with E-state index in [0.717, 1.165) is 5.56 Å². The topological polar surface area (TPSA) is 59.2 Å². The zero-order valence-electron chi connectivity index (χ0n) is 8.72. The lowest BCUT2D eigenvalue weighted by Gasteiger charge is -1.96. The van der Waals surface area contributed by atoms with Crippen molar-refractivity contribution < 1.29 is 9.63 Å². The standard InChI is InChI=1S/C11H11ClN2O2/c1-7(15)11-13-10(16-14-11)6-8-2-4-9(12)5-3-8/h2-5,7,15H,6H2,1H3. The maximum absolute atomic E-state index is 9.24. The molecule has 1 atom stereocenters. The summed E-state index contributed by atoms with van der Waals surface area (Å²) in [5.74, 6) is 0.794. The van der Waals surface area contributed by atoms with Crippen LogP contribution in [-0.2, 0) is 6.42 Å². The highest BCUT2D eigenvalue weighted by Crippen LogP contribution is 2.14. The molecule has 0 fully saturated rings. The lowest BCUT2D eigenvalue weighted by molar-refractivity contribution is 0.184. The van der Waals surface area contributed by atoms with Gasteiger partial charge in [0.25, 0.3) is 0 Å². The highest BCUT2D eigenvalue weighted by Gasteiger charge is 2.10. The Morgan fingerprint density at radius 3 is 2.62 bits per heavy atom.